The van der Waals surface area contributed by atoms with E-state index in [1.54, 1.807) is 0 Å². The lowest BCUT2D eigenvalue weighted by Gasteiger charge is -2.58. The normalized spacial score (nSPS) is 31.0. The van der Waals surface area contributed by atoms with Crippen molar-refractivity contribution in [3.05, 3.63) is 40.7 Å². The third-order valence-corrected chi connectivity index (χ3v) is 13.5. The van der Waals surface area contributed by atoms with E-state index in [0.29, 0.717) is 30.6 Å². The first kappa shape index (κ1) is 38.8. The molecule has 3 fully saturated rings. The van der Waals surface area contributed by atoms with E-state index in [9.17, 15) is 31.5 Å². The van der Waals surface area contributed by atoms with Crippen molar-refractivity contribution in [1.82, 2.24) is 0 Å². The summed E-state index contributed by atoms with van der Waals surface area (Å²) in [6.45, 7) is 12.3. The lowest BCUT2D eigenvalue weighted by molar-refractivity contribution is -0.151. The molecule has 0 saturated heterocycles. The van der Waals surface area contributed by atoms with Crippen molar-refractivity contribution in [1.29, 1.82) is 0 Å². The van der Waals surface area contributed by atoms with Crippen molar-refractivity contribution < 1.29 is 41.0 Å². The molecule has 9 heteroatoms. The molecule has 5 rings (SSSR count). The van der Waals surface area contributed by atoms with Crippen LogP contribution in [0.2, 0.25) is 0 Å². The molecule has 0 spiro atoms. The van der Waals surface area contributed by atoms with Crippen LogP contribution in [0.25, 0.3) is 0 Å². The number of unbranched alkanes of at least 4 members (excludes halogenated alkanes) is 3. The van der Waals surface area contributed by atoms with E-state index in [0.717, 1.165) is 55.3 Å². The molecule has 0 N–H and O–H groups in total. The van der Waals surface area contributed by atoms with Crippen molar-refractivity contribution >= 4 is 11.9 Å². The predicted octanol–water partition coefficient (Wildman–Crippen LogP) is 11.6. The van der Waals surface area contributed by atoms with Crippen molar-refractivity contribution in [3.63, 3.8) is 0 Å². The van der Waals surface area contributed by atoms with Gasteiger partial charge in [0.2, 0.25) is 34.8 Å². The van der Waals surface area contributed by atoms with E-state index in [1.165, 1.54) is 50.5 Å². The Labute approximate surface area is 295 Å². The van der Waals surface area contributed by atoms with E-state index in [4.69, 9.17) is 4.74 Å². The Morgan fingerprint density at radius 3 is 2.06 bits per heavy atom. The van der Waals surface area contributed by atoms with Gasteiger partial charge in [-0.25, -0.2) is 13.2 Å². The Morgan fingerprint density at radius 1 is 0.760 bits per heavy atom. The molecule has 4 aliphatic rings. The highest BCUT2D eigenvalue weighted by Gasteiger charge is 2.59. The van der Waals surface area contributed by atoms with Gasteiger partial charge in [-0.3, -0.25) is 9.59 Å². The van der Waals surface area contributed by atoms with Gasteiger partial charge in [-0.05, 0) is 104 Å². The minimum absolute atomic E-state index is 0.105. The number of ether oxygens (including phenoxy) is 2. The van der Waals surface area contributed by atoms with Crippen LogP contribution >= 0.6 is 0 Å². The van der Waals surface area contributed by atoms with Crippen LogP contribution in [0.5, 0.6) is 5.75 Å². The van der Waals surface area contributed by atoms with Crippen LogP contribution < -0.4 is 4.74 Å². The summed E-state index contributed by atoms with van der Waals surface area (Å²) in [5.74, 6) is -9.25. The number of hydrogen-bond donors (Lipinski definition) is 0. The van der Waals surface area contributed by atoms with Gasteiger partial charge in [0, 0.05) is 19.3 Å². The number of allylic oxidation sites excluding steroid dienone is 1. The van der Waals surface area contributed by atoms with Gasteiger partial charge in [0.25, 0.3) is 0 Å². The minimum Gasteiger partial charge on any atom is -0.462 e. The average Bonchev–Trinajstić information content (AvgIpc) is 3.43. The van der Waals surface area contributed by atoms with Gasteiger partial charge in [-0.1, -0.05) is 78.4 Å². The van der Waals surface area contributed by atoms with Crippen LogP contribution in [0.15, 0.2) is 11.6 Å². The molecule has 0 aliphatic heterocycles. The molecular formula is C41H57F5O4. The molecule has 0 bridgehead atoms. The second-order valence-corrected chi connectivity index (χ2v) is 16.9. The third-order valence-electron chi connectivity index (χ3n) is 13.5. The molecule has 280 valence electrons. The van der Waals surface area contributed by atoms with Crippen molar-refractivity contribution in [2.24, 2.45) is 46.3 Å². The predicted molar refractivity (Wildman–Crippen MR) is 182 cm³/mol. The molecule has 4 aliphatic carbocycles. The number of benzene rings is 1. The Hall–Kier alpha value is -2.45. The smallest absolute Gasteiger partial charge is 0.311 e. The topological polar surface area (TPSA) is 52.6 Å². The summed E-state index contributed by atoms with van der Waals surface area (Å²) in [5, 5.41) is 0. The lowest BCUT2D eigenvalue weighted by atomic mass is 9.47. The summed E-state index contributed by atoms with van der Waals surface area (Å²) in [7, 11) is 0. The number of esters is 2. The number of carbonyl (C=O) groups excluding carboxylic acids is 2. The van der Waals surface area contributed by atoms with Crippen LogP contribution in [0.1, 0.15) is 144 Å². The largest absolute Gasteiger partial charge is 0.462 e. The van der Waals surface area contributed by atoms with Crippen LogP contribution in [0, 0.1) is 75.4 Å². The highest BCUT2D eigenvalue weighted by Crippen LogP contribution is 2.67. The van der Waals surface area contributed by atoms with E-state index in [-0.39, 0.29) is 36.8 Å². The van der Waals surface area contributed by atoms with Gasteiger partial charge in [-0.2, -0.15) is 8.78 Å². The Bertz CT molecular complexity index is 1400. The van der Waals surface area contributed by atoms with Gasteiger partial charge >= 0.3 is 11.9 Å². The SMILES string of the molecule is CC(C)CCC[C@@H](C)[C@H]1CCC2C3CC=C4C[C@@H](OC(=O)CCCCCCC(=O)Oc5c(F)c(F)c(F)c(F)c5F)CC[C@]4(C)C3CC[C@@]21C. The summed E-state index contributed by atoms with van der Waals surface area (Å²) in [6, 6.07) is 0. The maximum absolute atomic E-state index is 13.8. The molecule has 0 aromatic heterocycles. The zero-order valence-corrected chi connectivity index (χ0v) is 30.7. The molecule has 4 nitrogen and oxygen atoms in total. The van der Waals surface area contributed by atoms with Crippen molar-refractivity contribution in [2.75, 3.05) is 0 Å². The van der Waals surface area contributed by atoms with E-state index >= 15 is 0 Å². The van der Waals surface area contributed by atoms with Gasteiger partial charge < -0.3 is 9.47 Å². The minimum atomic E-state index is -2.31. The second-order valence-electron chi connectivity index (χ2n) is 16.9. The van der Waals surface area contributed by atoms with E-state index in [2.05, 4.69) is 45.4 Å². The van der Waals surface area contributed by atoms with Crippen molar-refractivity contribution in [2.45, 2.75) is 150 Å². The summed E-state index contributed by atoms with van der Waals surface area (Å²) in [4.78, 5) is 24.7. The Morgan fingerprint density at radius 2 is 1.40 bits per heavy atom. The van der Waals surface area contributed by atoms with Crippen LogP contribution in [0.3, 0.4) is 0 Å². The van der Waals surface area contributed by atoms with Gasteiger partial charge in [0.05, 0.1) is 0 Å². The molecule has 1 aromatic rings. The van der Waals surface area contributed by atoms with Gasteiger partial charge in [0.15, 0.2) is 0 Å². The fraction of sp³-hybridized carbons (Fsp3) is 0.756. The first-order valence-corrected chi connectivity index (χ1v) is 19.3. The lowest BCUT2D eigenvalue weighted by Crippen LogP contribution is -2.51. The standard InChI is InChI=1S/C41H57F5O4/c1-24(2)11-10-12-25(3)29-17-18-30-28-16-15-26-23-27(19-21-40(26,4)31(28)20-22-41(29,30)5)49-32(47)13-8-6-7-9-14-33(48)50-39-37(45)35(43)34(42)36(44)38(39)46/h15,24-25,27-31H,6-14,16-23H2,1-5H3/t25-,27+,28?,29-,30?,31?,40+,41-/m1/s1. The third kappa shape index (κ3) is 7.96. The fourth-order valence-corrected chi connectivity index (χ4v) is 10.7. The van der Waals surface area contributed by atoms with Crippen molar-refractivity contribution in [3.8, 4) is 5.75 Å². The Balaban J connectivity index is 1.03. The molecule has 0 amide bonds. The quantitative estimate of drug-likeness (QED) is 0.0367. The molecule has 8 atom stereocenters. The zero-order valence-electron chi connectivity index (χ0n) is 30.7. The van der Waals surface area contributed by atoms with Crippen LogP contribution in [-0.2, 0) is 14.3 Å². The van der Waals surface area contributed by atoms with Crippen LogP contribution in [0.4, 0.5) is 22.0 Å². The maximum atomic E-state index is 13.8. The summed E-state index contributed by atoms with van der Waals surface area (Å²) >= 11 is 0. The van der Waals surface area contributed by atoms with E-state index < -0.39 is 40.8 Å². The average molecular weight is 709 g/mol. The fourth-order valence-electron chi connectivity index (χ4n) is 10.7. The number of carbonyl (C=O) groups is 2. The number of hydrogen-bond acceptors (Lipinski definition) is 4. The number of rotatable bonds is 14. The first-order chi connectivity index (χ1) is 23.7. The van der Waals surface area contributed by atoms with Crippen LogP contribution in [-0.4, -0.2) is 18.0 Å². The molecular weight excluding hydrogens is 651 g/mol. The maximum Gasteiger partial charge on any atom is 0.311 e. The number of halogens is 5. The second kappa shape index (κ2) is 16.1. The first-order valence-electron chi connectivity index (χ1n) is 19.3. The van der Waals surface area contributed by atoms with Gasteiger partial charge in [-0.15, -0.1) is 0 Å². The molecule has 0 heterocycles. The van der Waals surface area contributed by atoms with E-state index in [1.807, 2.05) is 0 Å². The molecule has 3 unspecified atom stereocenters. The highest BCUT2D eigenvalue weighted by molar-refractivity contribution is 5.72. The summed E-state index contributed by atoms with van der Waals surface area (Å²) < 4.78 is 77.7. The monoisotopic (exact) mass is 708 g/mol. The Kier molecular flexibility index (Phi) is 12.5. The van der Waals surface area contributed by atoms with Gasteiger partial charge in [0.1, 0.15) is 6.10 Å². The highest BCUT2D eigenvalue weighted by atomic mass is 19.2. The number of fused-ring (bicyclic) bond motifs is 5. The zero-order chi connectivity index (χ0) is 36.4. The molecule has 0 radical (unpaired) electrons. The molecule has 1 aromatic carbocycles. The summed E-state index contributed by atoms with van der Waals surface area (Å²) in [6.07, 6.45) is 17.7. The molecule has 3 saturated carbocycles. The summed E-state index contributed by atoms with van der Waals surface area (Å²) in [5.41, 5.74) is 2.13. The molecule has 50 heavy (non-hydrogen) atoms.